The third kappa shape index (κ3) is 6.23. The molecule has 0 aliphatic heterocycles. The molecule has 5 nitrogen and oxygen atoms in total. The lowest BCUT2D eigenvalue weighted by atomic mass is 10.1. The summed E-state index contributed by atoms with van der Waals surface area (Å²) < 4.78 is 18.5. The molecule has 0 saturated carbocycles. The molecule has 2 rings (SSSR count). The molecule has 1 atom stereocenters. The Balaban J connectivity index is 1.91. The van der Waals surface area contributed by atoms with Gasteiger partial charge in [-0.2, -0.15) is 0 Å². The minimum atomic E-state index is -0.209. The first kappa shape index (κ1) is 19.0. The first-order chi connectivity index (χ1) is 12.1. The highest BCUT2D eigenvalue weighted by Crippen LogP contribution is 2.18. The van der Waals surface area contributed by atoms with Crippen molar-refractivity contribution in [3.8, 4) is 0 Å². The van der Waals surface area contributed by atoms with Gasteiger partial charge in [-0.15, -0.1) is 0 Å². The highest BCUT2D eigenvalue weighted by atomic mass is 19.1. The fourth-order valence-corrected chi connectivity index (χ4v) is 2.48. The van der Waals surface area contributed by atoms with Gasteiger partial charge in [-0.3, -0.25) is 9.89 Å². The van der Waals surface area contributed by atoms with Crippen molar-refractivity contribution in [3.05, 3.63) is 59.8 Å². The highest BCUT2D eigenvalue weighted by Gasteiger charge is 2.16. The molecule has 1 aromatic heterocycles. The summed E-state index contributed by atoms with van der Waals surface area (Å²) in [4.78, 5) is 6.76. The molecule has 2 aromatic rings. The Morgan fingerprint density at radius 1 is 1.20 bits per heavy atom. The zero-order chi connectivity index (χ0) is 18.1. The van der Waals surface area contributed by atoms with Crippen LogP contribution < -0.4 is 10.6 Å². The number of nitrogens with one attached hydrogen (secondary N) is 2. The molecule has 0 spiro atoms. The molecule has 0 radical (unpaired) electrons. The number of halogens is 1. The molecule has 25 heavy (non-hydrogen) atoms. The van der Waals surface area contributed by atoms with Crippen LogP contribution in [0.15, 0.2) is 52.1 Å². The maximum atomic E-state index is 12.9. The van der Waals surface area contributed by atoms with Gasteiger partial charge >= 0.3 is 0 Å². The van der Waals surface area contributed by atoms with Crippen LogP contribution in [0.5, 0.6) is 0 Å². The molecular formula is C19H27FN4O. The molecule has 0 bridgehead atoms. The number of hydrogen-bond acceptors (Lipinski definition) is 3. The Bertz CT molecular complexity index is 638. The van der Waals surface area contributed by atoms with Crippen LogP contribution in [0.1, 0.15) is 24.3 Å². The van der Waals surface area contributed by atoms with Crippen molar-refractivity contribution in [2.24, 2.45) is 4.99 Å². The molecule has 0 aliphatic rings. The number of aliphatic imine (C=N–C) groups is 1. The van der Waals surface area contributed by atoms with Gasteiger partial charge in [-0.05, 0) is 57.3 Å². The monoisotopic (exact) mass is 346 g/mol. The molecule has 1 unspecified atom stereocenters. The number of rotatable bonds is 8. The Morgan fingerprint density at radius 2 is 1.96 bits per heavy atom. The van der Waals surface area contributed by atoms with Crippen molar-refractivity contribution >= 4 is 5.96 Å². The van der Waals surface area contributed by atoms with Crippen LogP contribution in [0.4, 0.5) is 4.39 Å². The van der Waals surface area contributed by atoms with Gasteiger partial charge in [0.25, 0.3) is 0 Å². The fourth-order valence-electron chi connectivity index (χ4n) is 2.48. The van der Waals surface area contributed by atoms with Gasteiger partial charge in [0, 0.05) is 13.1 Å². The topological polar surface area (TPSA) is 52.8 Å². The lowest BCUT2D eigenvalue weighted by Gasteiger charge is -2.21. The maximum Gasteiger partial charge on any atom is 0.191 e. The molecule has 1 aromatic carbocycles. The normalized spacial score (nSPS) is 13.1. The van der Waals surface area contributed by atoms with Crippen LogP contribution in [0, 0.1) is 5.82 Å². The van der Waals surface area contributed by atoms with E-state index in [1.807, 2.05) is 33.2 Å². The molecule has 2 N–H and O–H groups in total. The average Bonchev–Trinajstić information content (AvgIpc) is 3.10. The summed E-state index contributed by atoms with van der Waals surface area (Å²) in [6.07, 6.45) is 2.49. The molecule has 0 fully saturated rings. The number of nitrogens with zero attached hydrogens (tertiary/aromatic N) is 2. The van der Waals surface area contributed by atoms with E-state index in [0.717, 1.165) is 36.8 Å². The van der Waals surface area contributed by atoms with Crippen molar-refractivity contribution in [3.63, 3.8) is 0 Å². The van der Waals surface area contributed by atoms with Crippen molar-refractivity contribution in [2.45, 2.75) is 19.4 Å². The smallest absolute Gasteiger partial charge is 0.191 e. The van der Waals surface area contributed by atoms with Gasteiger partial charge in [0.2, 0.25) is 0 Å². The maximum absolute atomic E-state index is 12.9. The van der Waals surface area contributed by atoms with Crippen LogP contribution >= 0.6 is 0 Å². The Labute approximate surface area is 148 Å². The van der Waals surface area contributed by atoms with Gasteiger partial charge in [-0.25, -0.2) is 4.39 Å². The van der Waals surface area contributed by atoms with Gasteiger partial charge in [-0.1, -0.05) is 12.1 Å². The fraction of sp³-hybridized carbons (Fsp3) is 0.421. The van der Waals surface area contributed by atoms with E-state index in [2.05, 4.69) is 20.5 Å². The highest BCUT2D eigenvalue weighted by molar-refractivity contribution is 5.79. The Kier molecular flexibility index (Phi) is 7.47. The summed E-state index contributed by atoms with van der Waals surface area (Å²) in [5.41, 5.74) is 1.09. The predicted molar refractivity (Wildman–Crippen MR) is 99.2 cm³/mol. The van der Waals surface area contributed by atoms with Crippen molar-refractivity contribution in [1.82, 2.24) is 15.5 Å². The van der Waals surface area contributed by atoms with Gasteiger partial charge in [0.05, 0.1) is 18.8 Å². The van der Waals surface area contributed by atoms with E-state index >= 15 is 0 Å². The SMILES string of the molecule is CCNC(=NCC(c1ccco1)N(C)C)NCCc1ccc(F)cc1. The predicted octanol–water partition coefficient (Wildman–Crippen LogP) is 2.82. The van der Waals surface area contributed by atoms with E-state index in [1.54, 1.807) is 18.4 Å². The number of likely N-dealkylation sites (N-methyl/N-ethyl adjacent to an activating group) is 1. The molecule has 0 amide bonds. The average molecular weight is 346 g/mol. The first-order valence-electron chi connectivity index (χ1n) is 8.56. The lowest BCUT2D eigenvalue weighted by Crippen LogP contribution is -2.39. The molecule has 1 heterocycles. The minimum Gasteiger partial charge on any atom is -0.468 e. The third-order valence-corrected chi connectivity index (χ3v) is 3.88. The van der Waals surface area contributed by atoms with Crippen molar-refractivity contribution < 1.29 is 8.81 Å². The van der Waals surface area contributed by atoms with E-state index < -0.39 is 0 Å². The standard InChI is InChI=1S/C19H27FN4O/c1-4-21-19(22-12-11-15-7-9-16(20)10-8-15)23-14-17(24(2)3)18-6-5-13-25-18/h5-10,13,17H,4,11-12,14H2,1-3H3,(H2,21,22,23). The van der Waals surface area contributed by atoms with Crippen LogP contribution in [0.3, 0.4) is 0 Å². The molecular weight excluding hydrogens is 319 g/mol. The molecule has 136 valence electrons. The molecule has 0 aliphatic carbocycles. The molecule has 6 heteroatoms. The second kappa shape index (κ2) is 9.84. The number of furan rings is 1. The summed E-state index contributed by atoms with van der Waals surface area (Å²) in [5.74, 6) is 1.46. The second-order valence-electron chi connectivity index (χ2n) is 6.02. The number of guanidine groups is 1. The lowest BCUT2D eigenvalue weighted by molar-refractivity contribution is 0.265. The molecule has 0 saturated heterocycles. The zero-order valence-electron chi connectivity index (χ0n) is 15.1. The summed E-state index contributed by atoms with van der Waals surface area (Å²) in [5, 5.41) is 6.57. The zero-order valence-corrected chi connectivity index (χ0v) is 15.1. The van der Waals surface area contributed by atoms with Crippen LogP contribution in [-0.4, -0.2) is 44.6 Å². The van der Waals surface area contributed by atoms with Gasteiger partial charge in [0.15, 0.2) is 5.96 Å². The van der Waals surface area contributed by atoms with Gasteiger partial charge < -0.3 is 15.1 Å². The van der Waals surface area contributed by atoms with Crippen molar-refractivity contribution in [1.29, 1.82) is 0 Å². The summed E-state index contributed by atoms with van der Waals surface area (Å²) in [7, 11) is 4.02. The Morgan fingerprint density at radius 3 is 2.56 bits per heavy atom. The third-order valence-electron chi connectivity index (χ3n) is 3.88. The van der Waals surface area contributed by atoms with Crippen LogP contribution in [-0.2, 0) is 6.42 Å². The Hall–Kier alpha value is -2.34. The van der Waals surface area contributed by atoms with E-state index in [0.29, 0.717) is 6.54 Å². The van der Waals surface area contributed by atoms with Crippen LogP contribution in [0.2, 0.25) is 0 Å². The summed E-state index contributed by atoms with van der Waals surface area (Å²) in [6, 6.07) is 10.5. The van der Waals surface area contributed by atoms with E-state index in [-0.39, 0.29) is 11.9 Å². The number of benzene rings is 1. The second-order valence-corrected chi connectivity index (χ2v) is 6.02. The largest absolute Gasteiger partial charge is 0.468 e. The van der Waals surface area contributed by atoms with Crippen LogP contribution in [0.25, 0.3) is 0 Å². The van der Waals surface area contributed by atoms with E-state index in [1.165, 1.54) is 12.1 Å². The minimum absolute atomic E-state index is 0.0857. The summed E-state index contributed by atoms with van der Waals surface area (Å²) in [6.45, 7) is 4.14. The van der Waals surface area contributed by atoms with Gasteiger partial charge in [0.1, 0.15) is 11.6 Å². The van der Waals surface area contributed by atoms with Crippen molar-refractivity contribution in [2.75, 3.05) is 33.7 Å². The number of hydrogen-bond donors (Lipinski definition) is 2. The van der Waals surface area contributed by atoms with E-state index in [9.17, 15) is 4.39 Å². The first-order valence-corrected chi connectivity index (χ1v) is 8.56. The quantitative estimate of drug-likeness (QED) is 0.570. The summed E-state index contributed by atoms with van der Waals surface area (Å²) >= 11 is 0. The van der Waals surface area contributed by atoms with E-state index in [4.69, 9.17) is 4.42 Å².